The molecular formula is C13H17FN2OS. The minimum atomic E-state index is -0.528. The fraction of sp³-hybridized carbons (Fsp3) is 0.462. The number of halogens is 1. The first kappa shape index (κ1) is 13.2. The summed E-state index contributed by atoms with van der Waals surface area (Å²) in [4.78, 5) is 14.1. The Hall–Kier alpha value is -1.23. The van der Waals surface area contributed by atoms with Crippen LogP contribution >= 0.6 is 11.8 Å². The minimum absolute atomic E-state index is 0.0474. The fourth-order valence-corrected chi connectivity index (χ4v) is 3.22. The molecule has 1 aliphatic heterocycles. The van der Waals surface area contributed by atoms with E-state index in [1.54, 1.807) is 11.0 Å². The molecule has 18 heavy (non-hydrogen) atoms. The van der Waals surface area contributed by atoms with Crippen LogP contribution in [0.15, 0.2) is 18.2 Å². The SMILES string of the molecule is CCC1CN(C(=O)c2cccc(F)c2N)CCS1. The summed E-state index contributed by atoms with van der Waals surface area (Å²) >= 11 is 1.89. The van der Waals surface area contributed by atoms with E-state index < -0.39 is 5.82 Å². The first-order chi connectivity index (χ1) is 8.63. The summed E-state index contributed by atoms with van der Waals surface area (Å²) < 4.78 is 13.3. The van der Waals surface area contributed by atoms with Gasteiger partial charge in [0.25, 0.3) is 5.91 Å². The van der Waals surface area contributed by atoms with E-state index >= 15 is 0 Å². The van der Waals surface area contributed by atoms with Gasteiger partial charge in [0.1, 0.15) is 5.82 Å². The van der Waals surface area contributed by atoms with Crippen LogP contribution in [-0.2, 0) is 0 Å². The molecule has 0 saturated carbocycles. The molecule has 1 fully saturated rings. The summed E-state index contributed by atoms with van der Waals surface area (Å²) in [6.45, 7) is 3.54. The molecule has 0 aromatic heterocycles. The molecule has 1 heterocycles. The number of amides is 1. The van der Waals surface area contributed by atoms with Crippen molar-refractivity contribution in [2.75, 3.05) is 24.6 Å². The molecule has 1 saturated heterocycles. The highest BCUT2D eigenvalue weighted by atomic mass is 32.2. The summed E-state index contributed by atoms with van der Waals surface area (Å²) in [7, 11) is 0. The van der Waals surface area contributed by atoms with Gasteiger partial charge in [0.2, 0.25) is 0 Å². The zero-order valence-corrected chi connectivity index (χ0v) is 11.2. The van der Waals surface area contributed by atoms with E-state index in [4.69, 9.17) is 5.73 Å². The number of nitrogen functional groups attached to an aromatic ring is 1. The third kappa shape index (κ3) is 2.61. The molecule has 1 amide bonds. The minimum Gasteiger partial charge on any atom is -0.396 e. The van der Waals surface area contributed by atoms with Gasteiger partial charge in [-0.15, -0.1) is 0 Å². The van der Waals surface area contributed by atoms with E-state index in [9.17, 15) is 9.18 Å². The van der Waals surface area contributed by atoms with Crippen LogP contribution in [0.3, 0.4) is 0 Å². The Morgan fingerprint density at radius 1 is 1.61 bits per heavy atom. The lowest BCUT2D eigenvalue weighted by atomic mass is 10.1. The maximum Gasteiger partial charge on any atom is 0.256 e. The van der Waals surface area contributed by atoms with Gasteiger partial charge in [0, 0.05) is 24.1 Å². The van der Waals surface area contributed by atoms with Crippen LogP contribution in [0.25, 0.3) is 0 Å². The van der Waals surface area contributed by atoms with Crippen molar-refractivity contribution in [3.8, 4) is 0 Å². The fourth-order valence-electron chi connectivity index (χ4n) is 2.04. The number of benzene rings is 1. The van der Waals surface area contributed by atoms with Crippen LogP contribution < -0.4 is 5.73 Å². The Balaban J connectivity index is 2.18. The summed E-state index contributed by atoms with van der Waals surface area (Å²) in [6, 6.07) is 4.38. The smallest absolute Gasteiger partial charge is 0.256 e. The number of para-hydroxylation sites is 1. The molecule has 1 atom stereocenters. The normalized spacial score (nSPS) is 19.9. The number of carbonyl (C=O) groups excluding carboxylic acids is 1. The van der Waals surface area contributed by atoms with Gasteiger partial charge in [-0.25, -0.2) is 4.39 Å². The molecule has 0 bridgehead atoms. The Bertz CT molecular complexity index is 453. The predicted molar refractivity (Wildman–Crippen MR) is 73.3 cm³/mol. The molecule has 1 aliphatic rings. The van der Waals surface area contributed by atoms with E-state index in [1.165, 1.54) is 12.1 Å². The second-order valence-corrected chi connectivity index (χ2v) is 5.76. The van der Waals surface area contributed by atoms with Crippen molar-refractivity contribution in [2.24, 2.45) is 0 Å². The van der Waals surface area contributed by atoms with Crippen LogP contribution in [0.5, 0.6) is 0 Å². The van der Waals surface area contributed by atoms with Crippen molar-refractivity contribution < 1.29 is 9.18 Å². The Morgan fingerprint density at radius 2 is 2.39 bits per heavy atom. The molecule has 1 aromatic carbocycles. The lowest BCUT2D eigenvalue weighted by molar-refractivity contribution is 0.0761. The first-order valence-electron chi connectivity index (χ1n) is 6.08. The van der Waals surface area contributed by atoms with Gasteiger partial charge in [-0.05, 0) is 18.6 Å². The molecule has 1 unspecified atom stereocenters. The molecule has 0 radical (unpaired) electrons. The maximum atomic E-state index is 13.3. The van der Waals surface area contributed by atoms with E-state index in [0.717, 1.165) is 18.7 Å². The van der Waals surface area contributed by atoms with Crippen molar-refractivity contribution >= 4 is 23.4 Å². The van der Waals surface area contributed by atoms with Gasteiger partial charge in [-0.1, -0.05) is 13.0 Å². The number of anilines is 1. The average molecular weight is 268 g/mol. The van der Waals surface area contributed by atoms with Crippen LogP contribution in [0.2, 0.25) is 0 Å². The quantitative estimate of drug-likeness (QED) is 0.838. The van der Waals surface area contributed by atoms with Crippen molar-refractivity contribution in [3.05, 3.63) is 29.6 Å². The van der Waals surface area contributed by atoms with Crippen LogP contribution in [0.1, 0.15) is 23.7 Å². The average Bonchev–Trinajstić information content (AvgIpc) is 2.41. The largest absolute Gasteiger partial charge is 0.396 e. The summed E-state index contributed by atoms with van der Waals surface area (Å²) in [5.41, 5.74) is 5.86. The monoisotopic (exact) mass is 268 g/mol. The van der Waals surface area contributed by atoms with Crippen molar-refractivity contribution in [1.29, 1.82) is 0 Å². The zero-order valence-electron chi connectivity index (χ0n) is 10.4. The standard InChI is InChI=1S/C13H17FN2OS/c1-2-9-8-16(6-7-18-9)13(17)10-4-3-5-11(14)12(10)15/h3-5,9H,2,6-8,15H2,1H3. The molecular weight excluding hydrogens is 251 g/mol. The number of rotatable bonds is 2. The summed E-state index contributed by atoms with van der Waals surface area (Å²) in [5.74, 6) is 0.240. The molecule has 0 aliphatic carbocycles. The Morgan fingerprint density at radius 3 is 3.11 bits per heavy atom. The van der Waals surface area contributed by atoms with Gasteiger partial charge >= 0.3 is 0 Å². The van der Waals surface area contributed by atoms with Gasteiger partial charge in [-0.3, -0.25) is 4.79 Å². The summed E-state index contributed by atoms with van der Waals surface area (Å²) in [5, 5.41) is 0.470. The molecule has 2 N–H and O–H groups in total. The zero-order chi connectivity index (χ0) is 13.1. The number of carbonyl (C=O) groups is 1. The third-order valence-corrected chi connectivity index (χ3v) is 4.54. The first-order valence-corrected chi connectivity index (χ1v) is 7.13. The maximum absolute atomic E-state index is 13.3. The lowest BCUT2D eigenvalue weighted by Crippen LogP contribution is -2.42. The topological polar surface area (TPSA) is 46.3 Å². The highest BCUT2D eigenvalue weighted by Gasteiger charge is 2.25. The Kier molecular flexibility index (Phi) is 4.11. The van der Waals surface area contributed by atoms with Crippen molar-refractivity contribution in [3.63, 3.8) is 0 Å². The van der Waals surface area contributed by atoms with Gasteiger partial charge in [-0.2, -0.15) is 11.8 Å². The molecule has 5 heteroatoms. The highest BCUT2D eigenvalue weighted by molar-refractivity contribution is 8.00. The summed E-state index contributed by atoms with van der Waals surface area (Å²) in [6.07, 6.45) is 1.03. The van der Waals surface area contributed by atoms with Crippen LogP contribution in [0, 0.1) is 5.82 Å². The van der Waals surface area contributed by atoms with E-state index in [-0.39, 0.29) is 17.2 Å². The number of thioether (sulfide) groups is 1. The molecule has 2 rings (SSSR count). The van der Waals surface area contributed by atoms with Crippen LogP contribution in [0.4, 0.5) is 10.1 Å². The van der Waals surface area contributed by atoms with Gasteiger partial charge in [0.05, 0.1) is 11.3 Å². The van der Waals surface area contributed by atoms with Gasteiger partial charge in [0.15, 0.2) is 0 Å². The predicted octanol–water partition coefficient (Wildman–Crippen LogP) is 2.38. The van der Waals surface area contributed by atoms with E-state index in [2.05, 4.69) is 6.92 Å². The second-order valence-electron chi connectivity index (χ2n) is 4.35. The third-order valence-electron chi connectivity index (χ3n) is 3.16. The molecule has 3 nitrogen and oxygen atoms in total. The highest BCUT2D eigenvalue weighted by Crippen LogP contribution is 2.24. The van der Waals surface area contributed by atoms with E-state index in [1.807, 2.05) is 11.8 Å². The number of hydrogen-bond donors (Lipinski definition) is 1. The van der Waals surface area contributed by atoms with Crippen molar-refractivity contribution in [2.45, 2.75) is 18.6 Å². The molecule has 0 spiro atoms. The van der Waals surface area contributed by atoms with Crippen LogP contribution in [-0.4, -0.2) is 34.9 Å². The second kappa shape index (κ2) is 5.61. The molecule has 1 aromatic rings. The number of hydrogen-bond acceptors (Lipinski definition) is 3. The molecule has 98 valence electrons. The Labute approximate surface area is 111 Å². The van der Waals surface area contributed by atoms with Crippen molar-refractivity contribution in [1.82, 2.24) is 4.90 Å². The number of nitrogens with zero attached hydrogens (tertiary/aromatic N) is 1. The number of nitrogens with two attached hydrogens (primary N) is 1. The lowest BCUT2D eigenvalue weighted by Gasteiger charge is -2.32. The van der Waals surface area contributed by atoms with E-state index in [0.29, 0.717) is 11.8 Å². The van der Waals surface area contributed by atoms with Gasteiger partial charge < -0.3 is 10.6 Å².